The van der Waals surface area contributed by atoms with Gasteiger partial charge in [0.1, 0.15) is 5.76 Å². The Morgan fingerprint density at radius 2 is 1.75 bits per heavy atom. The molecule has 0 saturated heterocycles. The first-order chi connectivity index (χ1) is 18.4. The van der Waals surface area contributed by atoms with Gasteiger partial charge in [-0.25, -0.2) is 0 Å². The third-order valence-corrected chi connectivity index (χ3v) is 12.0. The molecule has 1 heterocycles. The molecule has 0 spiro atoms. The van der Waals surface area contributed by atoms with Crippen molar-refractivity contribution in [3.8, 4) is 0 Å². The quantitative estimate of drug-likeness (QED) is 0.190. The Hall–Kier alpha value is -1.91. The number of allylic oxidation sites excluding steroid dienone is 2. The molecular weight excluding hydrogens is 498 g/mol. The van der Waals surface area contributed by atoms with Crippen molar-refractivity contribution in [3.05, 3.63) is 29.2 Å². The first-order valence-electron chi connectivity index (χ1n) is 15.7. The van der Waals surface area contributed by atoms with Crippen LogP contribution in [0.2, 0.25) is 0 Å². The summed E-state index contributed by atoms with van der Waals surface area (Å²) in [7, 11) is 1.48. The molecule has 1 fully saturated rings. The number of hydrogen-bond donors (Lipinski definition) is 0. The molecule has 5 nitrogen and oxygen atoms in total. The third-order valence-electron chi connectivity index (χ3n) is 12.0. The van der Waals surface area contributed by atoms with Gasteiger partial charge in [0.2, 0.25) is 0 Å². The second-order valence-corrected chi connectivity index (χ2v) is 15.5. The van der Waals surface area contributed by atoms with Crippen molar-refractivity contribution in [1.29, 1.82) is 0 Å². The van der Waals surface area contributed by atoms with Crippen molar-refractivity contribution >= 4 is 11.8 Å². The molecule has 3 rings (SSSR count). The highest BCUT2D eigenvalue weighted by atomic mass is 16.5. The first-order valence-corrected chi connectivity index (χ1v) is 15.7. The minimum Gasteiger partial charge on any atom is -0.469 e. The molecule has 2 aliphatic carbocycles. The average Bonchev–Trinajstić information content (AvgIpc) is 3.35. The number of esters is 1. The van der Waals surface area contributed by atoms with E-state index in [1.165, 1.54) is 18.2 Å². The highest BCUT2D eigenvalue weighted by Crippen LogP contribution is 2.66. The number of methoxy groups -OCH3 is 1. The maximum Gasteiger partial charge on any atom is 0.305 e. The summed E-state index contributed by atoms with van der Waals surface area (Å²) in [5.41, 5.74) is 2.57. The predicted octanol–water partition coefficient (Wildman–Crippen LogP) is 9.25. The van der Waals surface area contributed by atoms with Crippen LogP contribution in [0.3, 0.4) is 0 Å². The van der Waals surface area contributed by atoms with Crippen molar-refractivity contribution in [2.75, 3.05) is 7.11 Å². The summed E-state index contributed by atoms with van der Waals surface area (Å²) >= 11 is 0. The van der Waals surface area contributed by atoms with E-state index in [2.05, 4.69) is 67.5 Å². The van der Waals surface area contributed by atoms with Crippen molar-refractivity contribution < 1.29 is 18.8 Å². The fraction of sp³-hybridized carbons (Fsp3) is 0.800. The lowest BCUT2D eigenvalue weighted by Crippen LogP contribution is -2.52. The van der Waals surface area contributed by atoms with Crippen LogP contribution in [-0.2, 0) is 20.7 Å². The van der Waals surface area contributed by atoms with Gasteiger partial charge in [0, 0.05) is 17.9 Å². The van der Waals surface area contributed by atoms with Crippen LogP contribution in [0.5, 0.6) is 0 Å². The van der Waals surface area contributed by atoms with Crippen molar-refractivity contribution in [3.63, 3.8) is 0 Å². The van der Waals surface area contributed by atoms with Gasteiger partial charge >= 0.3 is 5.97 Å². The summed E-state index contributed by atoms with van der Waals surface area (Å²) in [6.07, 6.45) is 13.7. The van der Waals surface area contributed by atoms with Gasteiger partial charge in [0.15, 0.2) is 5.78 Å². The zero-order chi connectivity index (χ0) is 30.1. The van der Waals surface area contributed by atoms with Crippen LogP contribution in [0.1, 0.15) is 144 Å². The van der Waals surface area contributed by atoms with E-state index in [1.54, 1.807) is 6.92 Å². The van der Waals surface area contributed by atoms with E-state index < -0.39 is 0 Å². The van der Waals surface area contributed by atoms with Crippen LogP contribution in [-0.4, -0.2) is 24.0 Å². The van der Waals surface area contributed by atoms with Gasteiger partial charge in [0.25, 0.3) is 0 Å². The molecule has 0 aliphatic heterocycles. The number of ketones is 1. The molecule has 226 valence electrons. The fourth-order valence-electron chi connectivity index (χ4n) is 7.93. The lowest BCUT2D eigenvalue weighted by atomic mass is 9.43. The van der Waals surface area contributed by atoms with E-state index in [-0.39, 0.29) is 44.7 Å². The molecule has 40 heavy (non-hydrogen) atoms. The molecule has 0 unspecified atom stereocenters. The summed E-state index contributed by atoms with van der Waals surface area (Å²) in [6.45, 7) is 23.0. The zero-order valence-corrected chi connectivity index (χ0v) is 27.5. The van der Waals surface area contributed by atoms with Gasteiger partial charge in [-0.1, -0.05) is 79.5 Å². The summed E-state index contributed by atoms with van der Waals surface area (Å²) in [5.74, 6) is 1.74. The number of hydrogen-bond acceptors (Lipinski definition) is 5. The largest absolute Gasteiger partial charge is 0.469 e. The van der Waals surface area contributed by atoms with Gasteiger partial charge in [-0.15, -0.1) is 0 Å². The second-order valence-electron chi connectivity index (χ2n) is 15.5. The maximum absolute atomic E-state index is 12.8. The zero-order valence-electron chi connectivity index (χ0n) is 27.5. The molecular formula is C35H57NO4. The SMILES string of the molecule is CCC(C)(C)CC[C@](C)(CCC(=O)OC)CCC(C)(C)[C@]1(C)CC[C@H]2[C@H](C)c3oncc3C[C@]2(C)/C1=C/C(C)=O. The van der Waals surface area contributed by atoms with E-state index in [1.807, 2.05) is 12.3 Å². The van der Waals surface area contributed by atoms with Gasteiger partial charge in [0.05, 0.1) is 13.3 Å². The Bertz CT molecular complexity index is 1100. The second kappa shape index (κ2) is 11.8. The monoisotopic (exact) mass is 555 g/mol. The number of nitrogens with zero attached hydrogens (tertiary/aromatic N) is 1. The molecule has 0 radical (unpaired) electrons. The Balaban J connectivity index is 1.93. The molecule has 0 N–H and O–H groups in total. The number of carbonyl (C=O) groups is 2. The van der Waals surface area contributed by atoms with Crippen LogP contribution >= 0.6 is 0 Å². The summed E-state index contributed by atoms with van der Waals surface area (Å²) in [5, 5.41) is 4.15. The van der Waals surface area contributed by atoms with Crippen LogP contribution in [0, 0.1) is 33.0 Å². The molecule has 5 atom stereocenters. The van der Waals surface area contributed by atoms with Crippen LogP contribution in [0.4, 0.5) is 0 Å². The van der Waals surface area contributed by atoms with Gasteiger partial charge < -0.3 is 9.26 Å². The van der Waals surface area contributed by atoms with E-state index in [4.69, 9.17) is 9.26 Å². The first kappa shape index (κ1) is 32.6. The Labute approximate surface area is 244 Å². The van der Waals surface area contributed by atoms with Gasteiger partial charge in [-0.05, 0) is 97.4 Å². The summed E-state index contributed by atoms with van der Waals surface area (Å²) in [4.78, 5) is 24.9. The Morgan fingerprint density at radius 3 is 2.35 bits per heavy atom. The molecule has 1 aromatic rings. The highest BCUT2D eigenvalue weighted by Gasteiger charge is 2.58. The van der Waals surface area contributed by atoms with E-state index in [0.29, 0.717) is 12.3 Å². The number of fused-ring (bicyclic) bond motifs is 2. The highest BCUT2D eigenvalue weighted by molar-refractivity contribution is 5.88. The summed E-state index contributed by atoms with van der Waals surface area (Å²) in [6, 6.07) is 0. The maximum atomic E-state index is 12.8. The molecule has 1 saturated carbocycles. The topological polar surface area (TPSA) is 69.4 Å². The predicted molar refractivity (Wildman–Crippen MR) is 162 cm³/mol. The van der Waals surface area contributed by atoms with E-state index in [0.717, 1.165) is 63.5 Å². The molecule has 0 aromatic carbocycles. The number of carbonyl (C=O) groups excluding carboxylic acids is 2. The van der Waals surface area contributed by atoms with Crippen LogP contribution in [0.15, 0.2) is 22.4 Å². The van der Waals surface area contributed by atoms with Crippen LogP contribution < -0.4 is 0 Å². The molecule has 2 aliphatic rings. The van der Waals surface area contributed by atoms with Gasteiger partial charge in [-0.2, -0.15) is 0 Å². The lowest BCUT2D eigenvalue weighted by Gasteiger charge is -2.60. The van der Waals surface area contributed by atoms with Crippen LogP contribution in [0.25, 0.3) is 0 Å². The van der Waals surface area contributed by atoms with E-state index >= 15 is 0 Å². The molecule has 5 heteroatoms. The number of rotatable bonds is 12. The average molecular weight is 556 g/mol. The standard InChI is InChI=1S/C35H57NO4/c1-12-31(4,5)17-19-33(8,15-14-29(38)39-11)20-18-32(6,7)35(10)16-13-27-25(3)30-26(23-36-40-30)22-34(27,9)28(35)21-24(2)37/h21,23,25,27H,12-20,22H2,1-11H3/b28-21-/t25-,27-,33-,34-,35+/m0/s1. The number of ether oxygens (including phenoxy) is 1. The molecule has 1 aromatic heterocycles. The van der Waals surface area contributed by atoms with Crippen molar-refractivity contribution in [1.82, 2.24) is 5.16 Å². The Morgan fingerprint density at radius 1 is 1.10 bits per heavy atom. The fourth-order valence-corrected chi connectivity index (χ4v) is 7.93. The molecule has 0 amide bonds. The minimum absolute atomic E-state index is 0.0345. The normalized spacial score (nSPS) is 29.4. The molecule has 0 bridgehead atoms. The summed E-state index contributed by atoms with van der Waals surface area (Å²) < 4.78 is 10.7. The Kier molecular flexibility index (Phi) is 9.59. The van der Waals surface area contributed by atoms with Crippen molar-refractivity contribution in [2.24, 2.45) is 33.0 Å². The van der Waals surface area contributed by atoms with E-state index in [9.17, 15) is 9.59 Å². The lowest BCUT2D eigenvalue weighted by molar-refractivity contribution is -0.141. The third kappa shape index (κ3) is 6.44. The van der Waals surface area contributed by atoms with Crippen molar-refractivity contribution in [2.45, 2.75) is 139 Å². The smallest absolute Gasteiger partial charge is 0.305 e. The van der Waals surface area contributed by atoms with Gasteiger partial charge in [-0.3, -0.25) is 9.59 Å². The number of aromatic nitrogens is 1. The minimum atomic E-state index is -0.121.